The van der Waals surface area contributed by atoms with E-state index in [-0.39, 0.29) is 5.91 Å². The summed E-state index contributed by atoms with van der Waals surface area (Å²) in [4.78, 5) is 25.8. The van der Waals surface area contributed by atoms with Gasteiger partial charge >= 0.3 is 0 Å². The molecule has 6 nitrogen and oxygen atoms in total. The molecular formula is C21H27N5O. The number of carbonyl (C=O) groups excluding carboxylic acids is 1. The molecule has 142 valence electrons. The third-order valence-electron chi connectivity index (χ3n) is 5.46. The van der Waals surface area contributed by atoms with E-state index in [2.05, 4.69) is 44.1 Å². The van der Waals surface area contributed by atoms with E-state index in [9.17, 15) is 4.79 Å². The second-order valence-electron chi connectivity index (χ2n) is 7.65. The molecule has 2 aliphatic heterocycles. The predicted octanol–water partition coefficient (Wildman–Crippen LogP) is 3.57. The van der Waals surface area contributed by atoms with Crippen LogP contribution in [0.2, 0.25) is 0 Å². The number of rotatable bonds is 4. The summed E-state index contributed by atoms with van der Waals surface area (Å²) in [7, 11) is 0. The number of aromatic nitrogens is 2. The van der Waals surface area contributed by atoms with Gasteiger partial charge in [-0.3, -0.25) is 4.79 Å². The number of piperidine rings is 1. The fraction of sp³-hybridized carbons (Fsp3) is 0.476. The van der Waals surface area contributed by atoms with Gasteiger partial charge in [-0.1, -0.05) is 6.92 Å². The Labute approximate surface area is 160 Å². The lowest BCUT2D eigenvalue weighted by Gasteiger charge is -2.31. The van der Waals surface area contributed by atoms with E-state index in [4.69, 9.17) is 0 Å². The second-order valence-corrected chi connectivity index (χ2v) is 7.65. The minimum absolute atomic E-state index is 0.197. The molecule has 0 aliphatic carbocycles. The van der Waals surface area contributed by atoms with Crippen molar-refractivity contribution in [3.8, 4) is 0 Å². The highest BCUT2D eigenvalue weighted by atomic mass is 16.1. The van der Waals surface area contributed by atoms with Crippen LogP contribution in [0.5, 0.6) is 0 Å². The molecule has 2 aromatic rings. The van der Waals surface area contributed by atoms with Crippen molar-refractivity contribution in [3.63, 3.8) is 0 Å². The molecule has 3 heterocycles. The lowest BCUT2D eigenvalue weighted by molar-refractivity contribution is 0.102. The van der Waals surface area contributed by atoms with Crippen LogP contribution in [0.25, 0.3) is 0 Å². The van der Waals surface area contributed by atoms with Gasteiger partial charge in [0, 0.05) is 43.6 Å². The molecule has 1 aromatic heterocycles. The van der Waals surface area contributed by atoms with Gasteiger partial charge in [-0.25, -0.2) is 9.97 Å². The highest BCUT2D eigenvalue weighted by molar-refractivity contribution is 6.03. The van der Waals surface area contributed by atoms with E-state index in [1.165, 1.54) is 31.3 Å². The zero-order valence-corrected chi connectivity index (χ0v) is 15.9. The minimum Gasteiger partial charge on any atom is -0.372 e. The Kier molecular flexibility index (Phi) is 5.23. The molecule has 2 saturated heterocycles. The zero-order valence-electron chi connectivity index (χ0n) is 15.9. The van der Waals surface area contributed by atoms with E-state index in [0.717, 1.165) is 44.1 Å². The molecule has 4 rings (SSSR count). The molecule has 1 unspecified atom stereocenters. The topological polar surface area (TPSA) is 61.4 Å². The van der Waals surface area contributed by atoms with Gasteiger partial charge in [0.2, 0.25) is 0 Å². The van der Waals surface area contributed by atoms with Crippen molar-refractivity contribution in [1.82, 2.24) is 9.97 Å². The maximum absolute atomic E-state index is 12.6. The van der Waals surface area contributed by atoms with Gasteiger partial charge in [0.1, 0.15) is 17.8 Å². The van der Waals surface area contributed by atoms with E-state index >= 15 is 0 Å². The molecule has 2 aliphatic rings. The number of hydrogen-bond acceptors (Lipinski definition) is 5. The Balaban J connectivity index is 1.42. The molecule has 0 bridgehead atoms. The fourth-order valence-electron chi connectivity index (χ4n) is 3.97. The largest absolute Gasteiger partial charge is 0.372 e. The molecule has 1 aromatic carbocycles. The summed E-state index contributed by atoms with van der Waals surface area (Å²) in [6, 6.07) is 9.86. The average Bonchev–Trinajstić information content (AvgIpc) is 3.23. The van der Waals surface area contributed by atoms with Crippen LogP contribution >= 0.6 is 0 Å². The number of carbonyl (C=O) groups is 1. The molecule has 0 saturated carbocycles. The van der Waals surface area contributed by atoms with E-state index in [0.29, 0.717) is 11.6 Å². The lowest BCUT2D eigenvalue weighted by atomic mass is 10.0. The van der Waals surface area contributed by atoms with Crippen LogP contribution in [-0.4, -0.2) is 42.1 Å². The van der Waals surface area contributed by atoms with Crippen molar-refractivity contribution in [3.05, 3.63) is 42.4 Å². The summed E-state index contributed by atoms with van der Waals surface area (Å²) in [5.41, 5.74) is 2.41. The van der Waals surface area contributed by atoms with Crippen molar-refractivity contribution < 1.29 is 4.79 Å². The van der Waals surface area contributed by atoms with Gasteiger partial charge in [-0.15, -0.1) is 0 Å². The Morgan fingerprint density at radius 1 is 1.04 bits per heavy atom. The number of nitrogens with one attached hydrogen (secondary N) is 1. The Hall–Kier alpha value is -2.63. The lowest BCUT2D eigenvalue weighted by Crippen LogP contribution is -2.35. The molecule has 0 radical (unpaired) electrons. The van der Waals surface area contributed by atoms with E-state index < -0.39 is 0 Å². The average molecular weight is 365 g/mol. The van der Waals surface area contributed by atoms with Crippen LogP contribution in [0, 0.1) is 5.92 Å². The van der Waals surface area contributed by atoms with Crippen LogP contribution in [0.1, 0.15) is 43.1 Å². The first kappa shape index (κ1) is 17.8. The maximum Gasteiger partial charge on any atom is 0.274 e. The minimum atomic E-state index is -0.197. The monoisotopic (exact) mass is 365 g/mol. The van der Waals surface area contributed by atoms with Crippen LogP contribution in [0.15, 0.2) is 36.7 Å². The first-order valence-electron chi connectivity index (χ1n) is 9.92. The van der Waals surface area contributed by atoms with Crippen molar-refractivity contribution in [2.75, 3.05) is 41.3 Å². The first-order valence-corrected chi connectivity index (χ1v) is 9.92. The Morgan fingerprint density at radius 2 is 1.78 bits per heavy atom. The molecule has 27 heavy (non-hydrogen) atoms. The maximum atomic E-state index is 12.6. The Bertz CT molecular complexity index is 785. The van der Waals surface area contributed by atoms with Crippen LogP contribution < -0.4 is 15.1 Å². The number of anilines is 3. The summed E-state index contributed by atoms with van der Waals surface area (Å²) in [6.07, 6.45) is 6.41. The molecule has 0 spiro atoms. The van der Waals surface area contributed by atoms with Crippen molar-refractivity contribution in [2.24, 2.45) is 5.92 Å². The normalized spacial score (nSPS) is 20.0. The molecule has 6 heteroatoms. The van der Waals surface area contributed by atoms with Gasteiger partial charge in [-0.2, -0.15) is 0 Å². The van der Waals surface area contributed by atoms with E-state index in [1.807, 2.05) is 12.1 Å². The van der Waals surface area contributed by atoms with Gasteiger partial charge in [0.25, 0.3) is 5.91 Å². The molecule has 2 fully saturated rings. The van der Waals surface area contributed by atoms with Gasteiger partial charge in [-0.05, 0) is 55.9 Å². The SMILES string of the molecule is CC1CCCN(c2cc(C(=O)Nc3ccc(N4CCCC4)cc3)ncn2)C1. The number of amides is 1. The summed E-state index contributed by atoms with van der Waals surface area (Å²) in [5, 5.41) is 2.95. The molecule has 1 N–H and O–H groups in total. The van der Waals surface area contributed by atoms with Gasteiger partial charge < -0.3 is 15.1 Å². The summed E-state index contributed by atoms with van der Waals surface area (Å²) in [5.74, 6) is 1.30. The number of hydrogen-bond donors (Lipinski definition) is 1. The smallest absolute Gasteiger partial charge is 0.274 e. The highest BCUT2D eigenvalue weighted by Gasteiger charge is 2.19. The Morgan fingerprint density at radius 3 is 2.52 bits per heavy atom. The molecule has 1 atom stereocenters. The third-order valence-corrected chi connectivity index (χ3v) is 5.46. The predicted molar refractivity (Wildman–Crippen MR) is 108 cm³/mol. The van der Waals surface area contributed by atoms with Gasteiger partial charge in [0.15, 0.2) is 0 Å². The molecule has 1 amide bonds. The van der Waals surface area contributed by atoms with Crippen LogP contribution in [-0.2, 0) is 0 Å². The standard InChI is InChI=1S/C21H27N5O/c1-16-5-4-12-26(14-16)20-13-19(22-15-23-20)21(27)24-17-6-8-18(9-7-17)25-10-2-3-11-25/h6-9,13,15-16H,2-5,10-12,14H2,1H3,(H,24,27). The van der Waals surface area contributed by atoms with Crippen molar-refractivity contribution in [2.45, 2.75) is 32.6 Å². The first-order chi connectivity index (χ1) is 13.2. The van der Waals surface area contributed by atoms with Crippen molar-refractivity contribution >= 4 is 23.1 Å². The highest BCUT2D eigenvalue weighted by Crippen LogP contribution is 2.23. The number of nitrogens with zero attached hydrogens (tertiary/aromatic N) is 4. The van der Waals surface area contributed by atoms with Crippen molar-refractivity contribution in [1.29, 1.82) is 0 Å². The second kappa shape index (κ2) is 7.94. The van der Waals surface area contributed by atoms with E-state index in [1.54, 1.807) is 6.07 Å². The summed E-state index contributed by atoms with van der Waals surface area (Å²) >= 11 is 0. The fourth-order valence-corrected chi connectivity index (χ4v) is 3.97. The number of benzene rings is 1. The van der Waals surface area contributed by atoms with Crippen LogP contribution in [0.4, 0.5) is 17.2 Å². The quantitative estimate of drug-likeness (QED) is 0.898. The summed E-state index contributed by atoms with van der Waals surface area (Å²) in [6.45, 7) is 6.46. The molecular weight excluding hydrogens is 338 g/mol. The zero-order chi connectivity index (χ0) is 18.6. The summed E-state index contributed by atoms with van der Waals surface area (Å²) < 4.78 is 0. The third kappa shape index (κ3) is 4.21. The van der Waals surface area contributed by atoms with Crippen LogP contribution in [0.3, 0.4) is 0 Å². The van der Waals surface area contributed by atoms with Gasteiger partial charge in [0.05, 0.1) is 0 Å².